The van der Waals surface area contributed by atoms with Crippen LogP contribution in [0.15, 0.2) is 128 Å². The summed E-state index contributed by atoms with van der Waals surface area (Å²) in [5.41, 5.74) is 10.7. The van der Waals surface area contributed by atoms with Gasteiger partial charge in [0.15, 0.2) is 0 Å². The Balaban J connectivity index is 1.15. The minimum absolute atomic E-state index is 0.256. The van der Waals surface area contributed by atoms with Crippen molar-refractivity contribution in [1.82, 2.24) is 9.97 Å². The summed E-state index contributed by atoms with van der Waals surface area (Å²) in [6.45, 7) is 2.26. The SMILES string of the molecule is CC(c1ccccc1)c1[nH]c2ccccc2c1/C=C\Nc1ccc(-c2ccc3[nH]c4ccccc4c3c2)cc1. The van der Waals surface area contributed by atoms with Crippen molar-refractivity contribution in [2.75, 3.05) is 5.32 Å². The van der Waals surface area contributed by atoms with Gasteiger partial charge in [-0.15, -0.1) is 0 Å². The highest BCUT2D eigenvalue weighted by Crippen LogP contribution is 2.33. The van der Waals surface area contributed by atoms with E-state index in [1.54, 1.807) is 0 Å². The van der Waals surface area contributed by atoms with Crippen LogP contribution in [-0.2, 0) is 0 Å². The molecule has 0 aliphatic heterocycles. The van der Waals surface area contributed by atoms with Gasteiger partial charge in [0.2, 0.25) is 0 Å². The predicted molar refractivity (Wildman–Crippen MR) is 166 cm³/mol. The Morgan fingerprint density at radius 2 is 1.23 bits per heavy atom. The second-order valence-electron chi connectivity index (χ2n) is 10.1. The molecule has 3 N–H and O–H groups in total. The molecule has 0 saturated heterocycles. The lowest BCUT2D eigenvalue weighted by Crippen LogP contribution is -1.98. The zero-order chi connectivity index (χ0) is 26.2. The number of aromatic nitrogens is 2. The molecule has 0 bridgehead atoms. The Morgan fingerprint density at radius 1 is 0.590 bits per heavy atom. The smallest absolute Gasteiger partial charge is 0.0465 e. The lowest BCUT2D eigenvalue weighted by atomic mass is 9.94. The molecule has 0 aliphatic carbocycles. The van der Waals surface area contributed by atoms with Crippen LogP contribution in [-0.4, -0.2) is 9.97 Å². The van der Waals surface area contributed by atoms with Crippen molar-refractivity contribution < 1.29 is 0 Å². The Morgan fingerprint density at radius 3 is 2.03 bits per heavy atom. The Kier molecular flexibility index (Phi) is 5.75. The van der Waals surface area contributed by atoms with E-state index < -0.39 is 0 Å². The summed E-state index contributed by atoms with van der Waals surface area (Å²) in [6, 6.07) is 42.9. The summed E-state index contributed by atoms with van der Waals surface area (Å²) in [4.78, 5) is 7.19. The van der Waals surface area contributed by atoms with Gasteiger partial charge in [0.1, 0.15) is 0 Å². The first-order valence-electron chi connectivity index (χ1n) is 13.4. The number of aromatic amines is 2. The third kappa shape index (κ3) is 4.28. The first-order chi connectivity index (χ1) is 19.2. The molecule has 39 heavy (non-hydrogen) atoms. The fraction of sp³-hybridized carbons (Fsp3) is 0.0556. The Hall–Kier alpha value is -5.02. The van der Waals surface area contributed by atoms with Gasteiger partial charge in [0, 0.05) is 61.8 Å². The third-order valence-corrected chi connectivity index (χ3v) is 7.73. The van der Waals surface area contributed by atoms with Crippen LogP contribution in [0.25, 0.3) is 49.9 Å². The number of para-hydroxylation sites is 2. The van der Waals surface area contributed by atoms with Crippen molar-refractivity contribution in [3.05, 3.63) is 144 Å². The molecule has 188 valence electrons. The van der Waals surface area contributed by atoms with Crippen LogP contribution in [0.1, 0.15) is 29.7 Å². The normalized spacial score (nSPS) is 12.5. The quantitative estimate of drug-likeness (QED) is 0.208. The lowest BCUT2D eigenvalue weighted by Gasteiger charge is -2.12. The van der Waals surface area contributed by atoms with E-state index >= 15 is 0 Å². The lowest BCUT2D eigenvalue weighted by molar-refractivity contribution is 0.885. The van der Waals surface area contributed by atoms with Crippen molar-refractivity contribution in [2.45, 2.75) is 12.8 Å². The van der Waals surface area contributed by atoms with E-state index in [0.717, 1.165) is 11.2 Å². The zero-order valence-electron chi connectivity index (χ0n) is 21.8. The minimum Gasteiger partial charge on any atom is -0.362 e. The van der Waals surface area contributed by atoms with Crippen LogP contribution in [0.5, 0.6) is 0 Å². The largest absolute Gasteiger partial charge is 0.362 e. The van der Waals surface area contributed by atoms with Gasteiger partial charge in [0.05, 0.1) is 0 Å². The summed E-state index contributed by atoms with van der Waals surface area (Å²) >= 11 is 0. The fourth-order valence-electron chi connectivity index (χ4n) is 5.62. The van der Waals surface area contributed by atoms with Gasteiger partial charge in [-0.3, -0.25) is 0 Å². The number of fused-ring (bicyclic) bond motifs is 4. The summed E-state index contributed by atoms with van der Waals surface area (Å²) in [6.07, 6.45) is 4.23. The molecule has 7 rings (SSSR count). The average Bonchev–Trinajstić information content (AvgIpc) is 3.56. The molecule has 0 radical (unpaired) electrons. The minimum atomic E-state index is 0.256. The van der Waals surface area contributed by atoms with E-state index in [1.807, 2.05) is 6.20 Å². The molecule has 0 saturated carbocycles. The second-order valence-corrected chi connectivity index (χ2v) is 10.1. The first-order valence-corrected chi connectivity index (χ1v) is 13.4. The molecule has 0 aliphatic rings. The molecular formula is C36H29N3. The fourth-order valence-corrected chi connectivity index (χ4v) is 5.62. The number of H-pyrrole nitrogens is 2. The number of hydrogen-bond donors (Lipinski definition) is 3. The molecule has 1 unspecified atom stereocenters. The third-order valence-electron chi connectivity index (χ3n) is 7.73. The van der Waals surface area contributed by atoms with Gasteiger partial charge in [0.25, 0.3) is 0 Å². The first kappa shape index (κ1) is 23.1. The summed E-state index contributed by atoms with van der Waals surface area (Å²) in [5.74, 6) is 0.256. The van der Waals surface area contributed by atoms with Crippen molar-refractivity contribution >= 4 is 44.5 Å². The number of hydrogen-bond acceptors (Lipinski definition) is 1. The molecule has 0 fully saturated rings. The number of nitrogens with one attached hydrogen (secondary N) is 3. The molecule has 5 aromatic carbocycles. The predicted octanol–water partition coefficient (Wildman–Crippen LogP) is 9.70. The molecule has 3 heteroatoms. The van der Waals surface area contributed by atoms with Crippen molar-refractivity contribution in [3.63, 3.8) is 0 Å². The maximum absolute atomic E-state index is 3.68. The van der Waals surface area contributed by atoms with Gasteiger partial charge in [-0.05, 0) is 59.2 Å². The maximum atomic E-state index is 3.68. The van der Waals surface area contributed by atoms with Gasteiger partial charge in [-0.1, -0.05) is 91.9 Å². The van der Waals surface area contributed by atoms with Gasteiger partial charge in [-0.2, -0.15) is 0 Å². The molecule has 2 heterocycles. The molecule has 0 spiro atoms. The van der Waals surface area contributed by atoms with Crippen LogP contribution in [0.3, 0.4) is 0 Å². The number of anilines is 1. The van der Waals surface area contributed by atoms with E-state index in [1.165, 1.54) is 55.1 Å². The van der Waals surface area contributed by atoms with E-state index in [-0.39, 0.29) is 5.92 Å². The highest BCUT2D eigenvalue weighted by atomic mass is 14.8. The molecule has 1 atom stereocenters. The second kappa shape index (κ2) is 9.70. The summed E-state index contributed by atoms with van der Waals surface area (Å²) in [5, 5.41) is 7.23. The van der Waals surface area contributed by atoms with Crippen LogP contribution >= 0.6 is 0 Å². The van der Waals surface area contributed by atoms with Gasteiger partial charge in [-0.25, -0.2) is 0 Å². The van der Waals surface area contributed by atoms with E-state index in [2.05, 4.69) is 150 Å². The molecule has 2 aromatic heterocycles. The molecule has 7 aromatic rings. The zero-order valence-corrected chi connectivity index (χ0v) is 21.8. The van der Waals surface area contributed by atoms with E-state index in [4.69, 9.17) is 0 Å². The van der Waals surface area contributed by atoms with E-state index in [9.17, 15) is 0 Å². The standard InChI is InChI=1S/C36H29N3/c1-24(25-9-3-2-4-10-25)36-31(29-11-5-8-14-34(29)39-36)21-22-37-28-18-15-26(16-19-28)27-17-20-35-32(23-27)30-12-6-7-13-33(30)38-35/h2-24,37-39H,1H3/b22-21-. The molecule has 0 amide bonds. The summed E-state index contributed by atoms with van der Waals surface area (Å²) < 4.78 is 0. The Labute approximate surface area is 227 Å². The maximum Gasteiger partial charge on any atom is 0.0465 e. The van der Waals surface area contributed by atoms with Crippen molar-refractivity contribution in [1.29, 1.82) is 0 Å². The monoisotopic (exact) mass is 503 g/mol. The number of benzene rings is 5. The van der Waals surface area contributed by atoms with Crippen molar-refractivity contribution in [2.24, 2.45) is 0 Å². The van der Waals surface area contributed by atoms with Gasteiger partial charge >= 0.3 is 0 Å². The van der Waals surface area contributed by atoms with Crippen LogP contribution < -0.4 is 5.32 Å². The van der Waals surface area contributed by atoms with Crippen molar-refractivity contribution in [3.8, 4) is 11.1 Å². The highest BCUT2D eigenvalue weighted by Gasteiger charge is 2.16. The average molecular weight is 504 g/mol. The van der Waals surface area contributed by atoms with E-state index in [0.29, 0.717) is 0 Å². The topological polar surface area (TPSA) is 43.6 Å². The molecular weight excluding hydrogens is 474 g/mol. The van der Waals surface area contributed by atoms with Crippen LogP contribution in [0.4, 0.5) is 5.69 Å². The summed E-state index contributed by atoms with van der Waals surface area (Å²) in [7, 11) is 0. The van der Waals surface area contributed by atoms with Gasteiger partial charge < -0.3 is 15.3 Å². The number of rotatable bonds is 6. The highest BCUT2D eigenvalue weighted by molar-refractivity contribution is 6.08. The Bertz CT molecular complexity index is 1940. The van der Waals surface area contributed by atoms with Crippen LogP contribution in [0.2, 0.25) is 0 Å². The van der Waals surface area contributed by atoms with Crippen LogP contribution in [0, 0.1) is 0 Å². The molecule has 3 nitrogen and oxygen atoms in total.